The molecule has 1 aromatic carbocycles. The highest BCUT2D eigenvalue weighted by atomic mass is 15.1. The number of benzene rings is 1. The highest BCUT2D eigenvalue weighted by Crippen LogP contribution is 2.44. The third kappa shape index (κ3) is 2.31. The highest BCUT2D eigenvalue weighted by molar-refractivity contribution is 5.73. The first-order valence-electron chi connectivity index (χ1n) is 6.26. The second-order valence-electron chi connectivity index (χ2n) is 4.60. The molecule has 0 aromatic heterocycles. The van der Waals surface area contributed by atoms with E-state index in [1.165, 1.54) is 11.1 Å². The maximum absolute atomic E-state index is 8.58. The molecule has 1 unspecified atom stereocenters. The number of hydrogen-bond acceptors (Lipinski definition) is 1. The quantitative estimate of drug-likeness (QED) is 0.414. The lowest BCUT2D eigenvalue weighted by molar-refractivity contribution is 0.398. The third-order valence-electron chi connectivity index (χ3n) is 3.68. The summed E-state index contributed by atoms with van der Waals surface area (Å²) in [5.41, 5.74) is 11.0. The van der Waals surface area contributed by atoms with Crippen LogP contribution in [-0.2, 0) is 0 Å². The molecule has 0 spiro atoms. The van der Waals surface area contributed by atoms with Gasteiger partial charge in [-0.25, -0.2) is 0 Å². The van der Waals surface area contributed by atoms with Crippen LogP contribution in [0, 0.1) is 5.41 Å². The van der Waals surface area contributed by atoms with Crippen LogP contribution in [0.25, 0.3) is 16.0 Å². The average molecular weight is 239 g/mol. The van der Waals surface area contributed by atoms with Crippen molar-refractivity contribution in [1.29, 1.82) is 0 Å². The molecule has 1 aliphatic carbocycles. The van der Waals surface area contributed by atoms with Crippen molar-refractivity contribution in [3.8, 4) is 0 Å². The fourth-order valence-corrected chi connectivity index (χ4v) is 2.53. The largest absolute Gasteiger partial charge is 0.0930 e. The van der Waals surface area contributed by atoms with E-state index in [9.17, 15) is 0 Å². The first-order chi connectivity index (χ1) is 8.82. The third-order valence-corrected chi connectivity index (χ3v) is 3.68. The van der Waals surface area contributed by atoms with E-state index in [0.29, 0.717) is 6.54 Å². The number of azide groups is 1. The van der Waals surface area contributed by atoms with Gasteiger partial charge in [-0.2, -0.15) is 0 Å². The van der Waals surface area contributed by atoms with Crippen molar-refractivity contribution < 1.29 is 0 Å². The zero-order valence-corrected chi connectivity index (χ0v) is 10.6. The molecule has 0 amide bonds. The normalized spacial score (nSPS) is 22.2. The molecule has 0 heterocycles. The minimum Gasteiger partial charge on any atom is -0.0930 e. The molecule has 0 radical (unpaired) electrons. The predicted octanol–water partition coefficient (Wildman–Crippen LogP) is 4.74. The molecular formula is C15H17N3. The predicted molar refractivity (Wildman–Crippen MR) is 74.9 cm³/mol. The van der Waals surface area contributed by atoms with Gasteiger partial charge in [-0.3, -0.25) is 0 Å². The van der Waals surface area contributed by atoms with Crippen molar-refractivity contribution in [1.82, 2.24) is 0 Å². The maximum Gasteiger partial charge on any atom is 0.0358 e. The van der Waals surface area contributed by atoms with Crippen molar-refractivity contribution >= 4 is 5.57 Å². The summed E-state index contributed by atoms with van der Waals surface area (Å²) in [5.74, 6) is 0. The Bertz CT molecular complexity index is 510. The molecule has 1 atom stereocenters. The van der Waals surface area contributed by atoms with Crippen LogP contribution in [0.3, 0.4) is 0 Å². The molecule has 1 aliphatic rings. The van der Waals surface area contributed by atoms with Crippen LogP contribution in [0.5, 0.6) is 0 Å². The Hall–Kier alpha value is -1.99. The van der Waals surface area contributed by atoms with Gasteiger partial charge in [-0.05, 0) is 29.5 Å². The zero-order valence-electron chi connectivity index (χ0n) is 10.6. The Kier molecular flexibility index (Phi) is 3.85. The molecule has 18 heavy (non-hydrogen) atoms. The van der Waals surface area contributed by atoms with Gasteiger partial charge in [0.15, 0.2) is 0 Å². The summed E-state index contributed by atoms with van der Waals surface area (Å²) >= 11 is 0. The topological polar surface area (TPSA) is 48.8 Å². The number of hydrogen-bond donors (Lipinski definition) is 0. The molecule has 1 aromatic rings. The van der Waals surface area contributed by atoms with Gasteiger partial charge in [0, 0.05) is 16.9 Å². The fraction of sp³-hybridized carbons (Fsp3) is 0.333. The maximum atomic E-state index is 8.58. The van der Waals surface area contributed by atoms with E-state index in [2.05, 4.69) is 47.3 Å². The van der Waals surface area contributed by atoms with Crippen LogP contribution in [0.15, 0.2) is 53.7 Å². The number of nitrogens with zero attached hydrogens (tertiary/aromatic N) is 3. The smallest absolute Gasteiger partial charge is 0.0358 e. The summed E-state index contributed by atoms with van der Waals surface area (Å²) in [4.78, 5) is 2.92. The lowest BCUT2D eigenvalue weighted by atomic mass is 9.70. The Balaban J connectivity index is 2.43. The standard InChI is InChI=1S/C15H17N3/c1-2-15(12-17-18-16)11-7-6-10-14(15)13-8-4-3-5-9-13/h3-10H,2,11-12H2,1H3. The monoisotopic (exact) mass is 239 g/mol. The van der Waals surface area contributed by atoms with Crippen molar-refractivity contribution in [3.63, 3.8) is 0 Å². The summed E-state index contributed by atoms with van der Waals surface area (Å²) in [7, 11) is 0. The average Bonchev–Trinajstić information content (AvgIpc) is 2.46. The molecule has 0 aliphatic heterocycles. The van der Waals surface area contributed by atoms with Crippen LogP contribution >= 0.6 is 0 Å². The highest BCUT2D eigenvalue weighted by Gasteiger charge is 2.32. The van der Waals surface area contributed by atoms with Gasteiger partial charge in [0.05, 0.1) is 0 Å². The molecule has 3 heteroatoms. The van der Waals surface area contributed by atoms with E-state index < -0.39 is 0 Å². The van der Waals surface area contributed by atoms with E-state index in [1.54, 1.807) is 0 Å². The van der Waals surface area contributed by atoms with Gasteiger partial charge in [-0.1, -0.05) is 60.6 Å². The van der Waals surface area contributed by atoms with E-state index in [0.717, 1.165) is 12.8 Å². The van der Waals surface area contributed by atoms with Gasteiger partial charge in [-0.15, -0.1) is 0 Å². The van der Waals surface area contributed by atoms with Crippen molar-refractivity contribution in [3.05, 3.63) is 64.6 Å². The van der Waals surface area contributed by atoms with E-state index >= 15 is 0 Å². The second-order valence-corrected chi connectivity index (χ2v) is 4.60. The van der Waals surface area contributed by atoms with Gasteiger partial charge < -0.3 is 0 Å². The fourth-order valence-electron chi connectivity index (χ4n) is 2.53. The molecular weight excluding hydrogens is 222 g/mol. The van der Waals surface area contributed by atoms with Crippen LogP contribution in [0.4, 0.5) is 0 Å². The van der Waals surface area contributed by atoms with Crippen molar-refractivity contribution in [2.75, 3.05) is 6.54 Å². The van der Waals surface area contributed by atoms with Crippen molar-refractivity contribution in [2.45, 2.75) is 19.8 Å². The van der Waals surface area contributed by atoms with Gasteiger partial charge in [0.1, 0.15) is 0 Å². The lowest BCUT2D eigenvalue weighted by Gasteiger charge is -2.35. The molecule has 0 saturated carbocycles. The number of allylic oxidation sites excluding steroid dienone is 3. The summed E-state index contributed by atoms with van der Waals surface area (Å²) in [6.45, 7) is 2.67. The summed E-state index contributed by atoms with van der Waals surface area (Å²) in [5, 5.41) is 3.82. The van der Waals surface area contributed by atoms with Crippen LogP contribution in [-0.4, -0.2) is 6.54 Å². The van der Waals surface area contributed by atoms with E-state index in [1.807, 2.05) is 18.2 Å². The van der Waals surface area contributed by atoms with Crippen LogP contribution in [0.2, 0.25) is 0 Å². The van der Waals surface area contributed by atoms with Gasteiger partial charge >= 0.3 is 0 Å². The van der Waals surface area contributed by atoms with Gasteiger partial charge in [0.25, 0.3) is 0 Å². The molecule has 0 N–H and O–H groups in total. The molecule has 0 saturated heterocycles. The molecule has 92 valence electrons. The Morgan fingerprint density at radius 1 is 1.33 bits per heavy atom. The Morgan fingerprint density at radius 2 is 2.11 bits per heavy atom. The van der Waals surface area contributed by atoms with E-state index in [4.69, 9.17) is 5.53 Å². The Morgan fingerprint density at radius 3 is 2.78 bits per heavy atom. The minimum absolute atomic E-state index is 0.0532. The van der Waals surface area contributed by atoms with Crippen molar-refractivity contribution in [2.24, 2.45) is 10.5 Å². The van der Waals surface area contributed by atoms with Gasteiger partial charge in [0.2, 0.25) is 0 Å². The first kappa shape index (κ1) is 12.5. The summed E-state index contributed by atoms with van der Waals surface area (Å²) in [6, 6.07) is 10.3. The second kappa shape index (κ2) is 5.56. The number of rotatable bonds is 4. The first-order valence-corrected chi connectivity index (χ1v) is 6.26. The Labute approximate surface area is 107 Å². The molecule has 3 nitrogen and oxygen atoms in total. The zero-order chi connectivity index (χ0) is 12.8. The van der Waals surface area contributed by atoms with E-state index in [-0.39, 0.29) is 5.41 Å². The summed E-state index contributed by atoms with van der Waals surface area (Å²) in [6.07, 6.45) is 8.30. The summed E-state index contributed by atoms with van der Waals surface area (Å²) < 4.78 is 0. The molecule has 0 bridgehead atoms. The molecule has 2 rings (SSSR count). The SMILES string of the molecule is CCC1(CN=[N+]=[N-])CC=CC=C1c1ccccc1. The minimum atomic E-state index is -0.0532. The van der Waals surface area contributed by atoms with Crippen LogP contribution < -0.4 is 0 Å². The van der Waals surface area contributed by atoms with Crippen LogP contribution in [0.1, 0.15) is 25.3 Å². The molecule has 0 fully saturated rings. The lowest BCUT2D eigenvalue weighted by Crippen LogP contribution is -2.26.